The Kier molecular flexibility index (Phi) is 6.13. The van der Waals surface area contributed by atoms with E-state index in [1.807, 2.05) is 0 Å². The highest BCUT2D eigenvalue weighted by atomic mass is 35.5. The minimum Gasteiger partial charge on any atom is -0.338 e. The summed E-state index contributed by atoms with van der Waals surface area (Å²) in [7, 11) is 0. The molecule has 2 rings (SSSR count). The van der Waals surface area contributed by atoms with Crippen LogP contribution in [-0.4, -0.2) is 12.6 Å². The van der Waals surface area contributed by atoms with Crippen molar-refractivity contribution in [3.8, 4) is 0 Å². The van der Waals surface area contributed by atoms with Crippen molar-refractivity contribution in [2.24, 2.45) is 0 Å². The maximum absolute atomic E-state index is 13.8. The Morgan fingerprint density at radius 3 is 2.44 bits per heavy atom. The third-order valence-electron chi connectivity index (χ3n) is 3.24. The van der Waals surface area contributed by atoms with Gasteiger partial charge in [0, 0.05) is 6.54 Å². The van der Waals surface area contributed by atoms with Crippen molar-refractivity contribution in [3.63, 3.8) is 0 Å². The van der Waals surface area contributed by atoms with E-state index >= 15 is 0 Å². The molecule has 0 aliphatic rings. The van der Waals surface area contributed by atoms with Crippen LogP contribution < -0.4 is 10.6 Å². The molecular weight excluding hydrogens is 383 g/mol. The van der Waals surface area contributed by atoms with Crippen LogP contribution in [0.4, 0.5) is 28.0 Å². The highest BCUT2D eigenvalue weighted by Gasteiger charge is 2.35. The molecule has 0 saturated heterocycles. The summed E-state index contributed by atoms with van der Waals surface area (Å²) in [6.45, 7) is 0.171. The van der Waals surface area contributed by atoms with E-state index in [0.29, 0.717) is 22.5 Å². The summed E-state index contributed by atoms with van der Waals surface area (Å²) in [6.07, 6.45) is -4.43. The number of halogens is 6. The number of carbonyl (C=O) groups is 1. The second kappa shape index (κ2) is 7.93. The molecule has 0 heterocycles. The van der Waals surface area contributed by atoms with Gasteiger partial charge in [-0.2, -0.15) is 13.2 Å². The van der Waals surface area contributed by atoms with Crippen molar-refractivity contribution in [1.29, 1.82) is 0 Å². The molecule has 2 aromatic carbocycles. The molecule has 0 saturated carbocycles. The molecule has 0 radical (unpaired) electrons. The van der Waals surface area contributed by atoms with E-state index < -0.39 is 29.3 Å². The third-order valence-corrected chi connectivity index (χ3v) is 3.97. The zero-order valence-corrected chi connectivity index (χ0v) is 14.1. The molecule has 3 nitrogen and oxygen atoms in total. The van der Waals surface area contributed by atoms with Gasteiger partial charge in [-0.3, -0.25) is 0 Å². The largest absolute Gasteiger partial charge is 0.419 e. The van der Waals surface area contributed by atoms with Crippen LogP contribution in [0.25, 0.3) is 0 Å². The molecule has 2 aromatic rings. The Labute approximate surface area is 150 Å². The molecule has 25 heavy (non-hydrogen) atoms. The van der Waals surface area contributed by atoms with Crippen molar-refractivity contribution in [2.75, 3.05) is 11.9 Å². The number of hydrogen-bond donors (Lipinski definition) is 2. The number of amides is 2. The summed E-state index contributed by atoms with van der Waals surface area (Å²) < 4.78 is 51.7. The van der Waals surface area contributed by atoms with Crippen LogP contribution in [0.3, 0.4) is 0 Å². The molecule has 0 aliphatic heterocycles. The van der Waals surface area contributed by atoms with Gasteiger partial charge in [-0.15, -0.1) is 0 Å². The van der Waals surface area contributed by atoms with Crippen molar-refractivity contribution in [3.05, 3.63) is 63.4 Å². The van der Waals surface area contributed by atoms with Crippen molar-refractivity contribution in [1.82, 2.24) is 5.32 Å². The van der Waals surface area contributed by atoms with E-state index in [1.54, 1.807) is 18.2 Å². The normalized spacial score (nSPS) is 11.3. The second-order valence-electron chi connectivity index (χ2n) is 5.04. The third kappa shape index (κ3) is 5.24. The fourth-order valence-corrected chi connectivity index (χ4v) is 2.35. The summed E-state index contributed by atoms with van der Waals surface area (Å²) in [4.78, 5) is 11.7. The van der Waals surface area contributed by atoms with Crippen molar-refractivity contribution < 1.29 is 22.4 Å². The van der Waals surface area contributed by atoms with Gasteiger partial charge in [-0.25, -0.2) is 9.18 Å². The van der Waals surface area contributed by atoms with Gasteiger partial charge in [0.15, 0.2) is 5.82 Å². The lowest BCUT2D eigenvalue weighted by Crippen LogP contribution is -2.31. The summed E-state index contributed by atoms with van der Waals surface area (Å²) in [5.41, 5.74) is -1.19. The standard InChI is InChI=1S/C16H12Cl2F4N2O/c17-11-5-4-9(8-12(11)18)6-7-23-15(25)24-13-3-1-2-10(14(13)19)16(20,21)22/h1-5,8H,6-7H2,(H2,23,24,25). The number of benzene rings is 2. The lowest BCUT2D eigenvalue weighted by atomic mass is 10.1. The number of nitrogens with one attached hydrogen (secondary N) is 2. The predicted molar refractivity (Wildman–Crippen MR) is 88.6 cm³/mol. The Balaban J connectivity index is 1.93. The molecule has 9 heteroatoms. The molecule has 2 N–H and O–H groups in total. The van der Waals surface area contributed by atoms with Gasteiger partial charge in [0.25, 0.3) is 0 Å². The topological polar surface area (TPSA) is 41.1 Å². The fourth-order valence-electron chi connectivity index (χ4n) is 2.03. The Morgan fingerprint density at radius 1 is 1.08 bits per heavy atom. The molecule has 0 atom stereocenters. The smallest absolute Gasteiger partial charge is 0.338 e. The predicted octanol–water partition coefficient (Wildman–Crippen LogP) is 5.52. The van der Waals surface area contributed by atoms with Gasteiger partial charge in [0.05, 0.1) is 21.3 Å². The molecule has 0 aliphatic carbocycles. The van der Waals surface area contributed by atoms with Gasteiger partial charge >= 0.3 is 12.2 Å². The van der Waals surface area contributed by atoms with E-state index in [0.717, 1.165) is 17.7 Å². The van der Waals surface area contributed by atoms with Crippen molar-refractivity contribution in [2.45, 2.75) is 12.6 Å². The van der Waals surface area contributed by atoms with Gasteiger partial charge < -0.3 is 10.6 Å². The van der Waals surface area contributed by atoms with Crippen LogP contribution in [0.15, 0.2) is 36.4 Å². The number of alkyl halides is 3. The zero-order chi connectivity index (χ0) is 18.6. The molecule has 2 amide bonds. The second-order valence-corrected chi connectivity index (χ2v) is 5.86. The lowest BCUT2D eigenvalue weighted by molar-refractivity contribution is -0.139. The minimum absolute atomic E-state index is 0.171. The number of hydrogen-bond acceptors (Lipinski definition) is 1. The van der Waals surface area contributed by atoms with E-state index in [4.69, 9.17) is 23.2 Å². The van der Waals surface area contributed by atoms with Crippen LogP contribution in [0.5, 0.6) is 0 Å². The monoisotopic (exact) mass is 394 g/mol. The Bertz CT molecular complexity index is 781. The summed E-state index contributed by atoms with van der Waals surface area (Å²) in [5, 5.41) is 5.25. The Hall–Kier alpha value is -1.99. The number of urea groups is 1. The van der Waals surface area contributed by atoms with Crippen molar-refractivity contribution >= 4 is 34.9 Å². The van der Waals surface area contributed by atoms with Crippen LogP contribution in [0.2, 0.25) is 10.0 Å². The number of rotatable bonds is 4. The first kappa shape index (κ1) is 19.3. The van der Waals surface area contributed by atoms with E-state index in [-0.39, 0.29) is 6.54 Å². The van der Waals surface area contributed by atoms with Gasteiger partial charge in [-0.1, -0.05) is 35.3 Å². The molecule has 0 aromatic heterocycles. The van der Waals surface area contributed by atoms with Crippen LogP contribution in [-0.2, 0) is 12.6 Å². The highest BCUT2D eigenvalue weighted by Crippen LogP contribution is 2.33. The first-order valence-electron chi connectivity index (χ1n) is 7.03. The maximum Gasteiger partial charge on any atom is 0.419 e. The summed E-state index contributed by atoms with van der Waals surface area (Å²) >= 11 is 11.7. The molecule has 0 bridgehead atoms. The SMILES string of the molecule is O=C(NCCc1ccc(Cl)c(Cl)c1)Nc1cccc(C(F)(F)F)c1F. The molecule has 0 unspecified atom stereocenters. The molecular formula is C16H12Cl2F4N2O. The zero-order valence-electron chi connectivity index (χ0n) is 12.6. The number of carbonyl (C=O) groups excluding carboxylic acids is 1. The first-order valence-corrected chi connectivity index (χ1v) is 7.78. The van der Waals surface area contributed by atoms with Gasteiger partial charge in [0.1, 0.15) is 0 Å². The fraction of sp³-hybridized carbons (Fsp3) is 0.188. The van der Waals surface area contributed by atoms with Crippen LogP contribution in [0, 0.1) is 5.82 Å². The van der Waals surface area contributed by atoms with Gasteiger partial charge in [-0.05, 0) is 36.2 Å². The molecule has 134 valence electrons. The average Bonchev–Trinajstić information content (AvgIpc) is 2.52. The first-order chi connectivity index (χ1) is 11.7. The average molecular weight is 395 g/mol. The highest BCUT2D eigenvalue weighted by molar-refractivity contribution is 6.42. The van der Waals surface area contributed by atoms with E-state index in [9.17, 15) is 22.4 Å². The maximum atomic E-state index is 13.8. The number of anilines is 1. The van der Waals surface area contributed by atoms with Crippen LogP contribution >= 0.6 is 23.2 Å². The molecule has 0 fully saturated rings. The van der Waals surface area contributed by atoms with E-state index in [1.165, 1.54) is 0 Å². The minimum atomic E-state index is -4.84. The lowest BCUT2D eigenvalue weighted by Gasteiger charge is -2.12. The van der Waals surface area contributed by atoms with Gasteiger partial charge in [0.2, 0.25) is 0 Å². The quantitative estimate of drug-likeness (QED) is 0.659. The molecule has 0 spiro atoms. The van der Waals surface area contributed by atoms with E-state index in [2.05, 4.69) is 10.6 Å². The summed E-state index contributed by atoms with van der Waals surface area (Å²) in [6, 6.07) is 6.80. The summed E-state index contributed by atoms with van der Waals surface area (Å²) in [5.74, 6) is -1.53. The Morgan fingerprint density at radius 2 is 1.80 bits per heavy atom. The van der Waals surface area contributed by atoms with Crippen LogP contribution in [0.1, 0.15) is 11.1 Å².